The number of hydrogen-bond donors (Lipinski definition) is 0. The molecule has 0 fully saturated rings. The monoisotopic (exact) mass is 244 g/mol. The summed E-state index contributed by atoms with van der Waals surface area (Å²) in [6.07, 6.45) is -3.04. The fourth-order valence-electron chi connectivity index (χ4n) is 1.26. The molecular formula is C10H7F3N2O2. The molecule has 0 radical (unpaired) electrons. The van der Waals surface area contributed by atoms with Crippen LogP contribution in [0, 0.1) is 0 Å². The second-order valence-electron chi connectivity index (χ2n) is 3.20. The minimum absolute atomic E-state index is 0.258. The van der Waals surface area contributed by atoms with Crippen LogP contribution in [0.15, 0.2) is 35.1 Å². The van der Waals surface area contributed by atoms with Crippen LogP contribution in [-0.2, 0) is 6.42 Å². The number of hydrogen-bond acceptors (Lipinski definition) is 4. The summed E-state index contributed by atoms with van der Waals surface area (Å²) in [6, 6.07) is 5.48. The van der Waals surface area contributed by atoms with Crippen LogP contribution in [0.1, 0.15) is 11.5 Å². The maximum atomic E-state index is 11.9. The molecule has 1 aromatic carbocycles. The van der Waals surface area contributed by atoms with E-state index < -0.39 is 6.36 Å². The fraction of sp³-hybridized carbons (Fsp3) is 0.200. The molecule has 0 saturated heterocycles. The standard InChI is InChI=1S/C10H7F3N2O2/c11-10(12,13)16-8-3-1-7(2-4-8)5-9-14-6-15-17-9/h1-4,6H,5H2. The topological polar surface area (TPSA) is 48.2 Å². The predicted octanol–water partition coefficient (Wildman–Crippen LogP) is 2.56. The van der Waals surface area contributed by atoms with Gasteiger partial charge in [0.25, 0.3) is 0 Å². The van der Waals surface area contributed by atoms with Crippen LogP contribution in [0.4, 0.5) is 13.2 Å². The van der Waals surface area contributed by atoms with Crippen LogP contribution in [0.3, 0.4) is 0 Å². The van der Waals surface area contributed by atoms with Crippen molar-refractivity contribution < 1.29 is 22.4 Å². The van der Waals surface area contributed by atoms with Crippen molar-refractivity contribution in [1.82, 2.24) is 10.1 Å². The quantitative estimate of drug-likeness (QED) is 0.832. The third-order valence-corrected chi connectivity index (χ3v) is 1.92. The van der Waals surface area contributed by atoms with Crippen LogP contribution in [0.25, 0.3) is 0 Å². The van der Waals surface area contributed by atoms with Gasteiger partial charge in [-0.2, -0.15) is 4.98 Å². The van der Waals surface area contributed by atoms with Gasteiger partial charge in [0.2, 0.25) is 5.89 Å². The molecule has 1 heterocycles. The highest BCUT2D eigenvalue weighted by Crippen LogP contribution is 2.23. The van der Waals surface area contributed by atoms with E-state index in [1.165, 1.54) is 30.6 Å². The molecule has 17 heavy (non-hydrogen) atoms. The molecule has 0 atom stereocenters. The van der Waals surface area contributed by atoms with Crippen molar-refractivity contribution in [2.45, 2.75) is 12.8 Å². The molecule has 0 aliphatic carbocycles. The second-order valence-corrected chi connectivity index (χ2v) is 3.20. The van der Waals surface area contributed by atoms with Crippen LogP contribution < -0.4 is 4.74 Å². The van der Waals surface area contributed by atoms with Gasteiger partial charge in [0.1, 0.15) is 5.75 Å². The Morgan fingerprint density at radius 2 is 1.88 bits per heavy atom. The van der Waals surface area contributed by atoms with Crippen LogP contribution in [0.2, 0.25) is 0 Å². The van der Waals surface area contributed by atoms with Gasteiger partial charge in [-0.1, -0.05) is 17.3 Å². The third-order valence-electron chi connectivity index (χ3n) is 1.92. The molecule has 2 aromatic rings. The van der Waals surface area contributed by atoms with Crippen molar-refractivity contribution in [3.05, 3.63) is 42.0 Å². The number of alkyl halides is 3. The van der Waals surface area contributed by atoms with Gasteiger partial charge in [0.05, 0.1) is 6.42 Å². The SMILES string of the molecule is FC(F)(F)Oc1ccc(Cc2ncno2)cc1. The van der Waals surface area contributed by atoms with Gasteiger partial charge >= 0.3 is 6.36 Å². The third kappa shape index (κ3) is 3.47. The van der Waals surface area contributed by atoms with Gasteiger partial charge in [0, 0.05) is 0 Å². The van der Waals surface area contributed by atoms with Crippen molar-refractivity contribution in [3.8, 4) is 5.75 Å². The van der Waals surface area contributed by atoms with Crippen molar-refractivity contribution >= 4 is 0 Å². The summed E-state index contributed by atoms with van der Waals surface area (Å²) in [5.41, 5.74) is 0.753. The smallest absolute Gasteiger partial charge is 0.406 e. The van der Waals surface area contributed by atoms with E-state index in [9.17, 15) is 13.2 Å². The first-order chi connectivity index (χ1) is 8.03. The molecule has 0 aliphatic heterocycles. The predicted molar refractivity (Wildman–Crippen MR) is 50.2 cm³/mol. The molecule has 0 amide bonds. The Labute approximate surface area is 94.0 Å². The molecule has 0 unspecified atom stereocenters. The van der Waals surface area contributed by atoms with E-state index >= 15 is 0 Å². The van der Waals surface area contributed by atoms with Crippen LogP contribution >= 0.6 is 0 Å². The first kappa shape index (κ1) is 11.4. The average Bonchev–Trinajstić information content (AvgIpc) is 2.71. The summed E-state index contributed by atoms with van der Waals surface area (Å²) in [7, 11) is 0. The molecule has 0 aliphatic rings. The van der Waals surface area contributed by atoms with Gasteiger partial charge < -0.3 is 9.26 Å². The Morgan fingerprint density at radius 3 is 2.41 bits per heavy atom. The molecule has 0 bridgehead atoms. The van der Waals surface area contributed by atoms with Crippen LogP contribution in [0.5, 0.6) is 5.75 Å². The molecule has 90 valence electrons. The fourth-order valence-corrected chi connectivity index (χ4v) is 1.26. The number of aromatic nitrogens is 2. The maximum Gasteiger partial charge on any atom is 0.573 e. The lowest BCUT2D eigenvalue weighted by Gasteiger charge is -2.08. The van der Waals surface area contributed by atoms with E-state index in [4.69, 9.17) is 4.52 Å². The zero-order valence-corrected chi connectivity index (χ0v) is 8.44. The molecule has 1 aromatic heterocycles. The Kier molecular flexibility index (Phi) is 2.99. The van der Waals surface area contributed by atoms with E-state index in [-0.39, 0.29) is 5.75 Å². The lowest BCUT2D eigenvalue weighted by molar-refractivity contribution is -0.274. The van der Waals surface area contributed by atoms with E-state index in [1.54, 1.807) is 0 Å². The lowest BCUT2D eigenvalue weighted by Crippen LogP contribution is -2.17. The number of benzene rings is 1. The first-order valence-corrected chi connectivity index (χ1v) is 4.63. The Balaban J connectivity index is 2.03. The van der Waals surface area contributed by atoms with Gasteiger partial charge in [-0.25, -0.2) is 0 Å². The summed E-state index contributed by atoms with van der Waals surface area (Å²) < 4.78 is 44.2. The Morgan fingerprint density at radius 1 is 1.18 bits per heavy atom. The first-order valence-electron chi connectivity index (χ1n) is 4.63. The largest absolute Gasteiger partial charge is 0.573 e. The number of halogens is 3. The minimum Gasteiger partial charge on any atom is -0.406 e. The molecule has 7 heteroatoms. The minimum atomic E-state index is -4.67. The highest BCUT2D eigenvalue weighted by Gasteiger charge is 2.30. The van der Waals surface area contributed by atoms with E-state index in [2.05, 4.69) is 14.9 Å². The molecular weight excluding hydrogens is 237 g/mol. The number of nitrogens with zero attached hydrogens (tertiary/aromatic N) is 2. The summed E-state index contributed by atoms with van der Waals surface area (Å²) in [6.45, 7) is 0. The molecule has 0 spiro atoms. The second kappa shape index (κ2) is 4.44. The molecule has 0 N–H and O–H groups in total. The zero-order valence-electron chi connectivity index (χ0n) is 8.44. The Hall–Kier alpha value is -2.05. The normalized spacial score (nSPS) is 11.5. The van der Waals surface area contributed by atoms with Gasteiger partial charge in [0.15, 0.2) is 6.33 Å². The van der Waals surface area contributed by atoms with Gasteiger partial charge in [-0.3, -0.25) is 0 Å². The molecule has 4 nitrogen and oxygen atoms in total. The number of rotatable bonds is 3. The van der Waals surface area contributed by atoms with E-state index in [1.807, 2.05) is 0 Å². The van der Waals surface area contributed by atoms with Crippen molar-refractivity contribution in [3.63, 3.8) is 0 Å². The number of ether oxygens (including phenoxy) is 1. The summed E-state index contributed by atoms with van der Waals surface area (Å²) >= 11 is 0. The van der Waals surface area contributed by atoms with Crippen LogP contribution in [-0.4, -0.2) is 16.5 Å². The van der Waals surface area contributed by atoms with Crippen molar-refractivity contribution in [2.75, 3.05) is 0 Å². The highest BCUT2D eigenvalue weighted by atomic mass is 19.4. The lowest BCUT2D eigenvalue weighted by atomic mass is 10.1. The van der Waals surface area contributed by atoms with Gasteiger partial charge in [-0.15, -0.1) is 13.2 Å². The average molecular weight is 244 g/mol. The molecule has 2 rings (SSSR count). The maximum absolute atomic E-state index is 11.9. The Bertz CT molecular complexity index is 465. The van der Waals surface area contributed by atoms with Crippen molar-refractivity contribution in [1.29, 1.82) is 0 Å². The van der Waals surface area contributed by atoms with E-state index in [0.717, 1.165) is 5.56 Å². The molecule has 0 saturated carbocycles. The summed E-state index contributed by atoms with van der Waals surface area (Å²) in [5.74, 6) is 0.140. The summed E-state index contributed by atoms with van der Waals surface area (Å²) in [4.78, 5) is 3.80. The highest BCUT2D eigenvalue weighted by molar-refractivity contribution is 5.28. The zero-order chi connectivity index (χ0) is 12.3. The van der Waals surface area contributed by atoms with Gasteiger partial charge in [-0.05, 0) is 17.7 Å². The van der Waals surface area contributed by atoms with Crippen molar-refractivity contribution in [2.24, 2.45) is 0 Å². The van der Waals surface area contributed by atoms with E-state index in [0.29, 0.717) is 12.3 Å². The summed E-state index contributed by atoms with van der Waals surface area (Å²) in [5, 5.41) is 3.42.